The first-order chi connectivity index (χ1) is 10.4. The van der Waals surface area contributed by atoms with Crippen LogP contribution in [-0.4, -0.2) is 18.5 Å². The van der Waals surface area contributed by atoms with Crippen LogP contribution in [0.1, 0.15) is 32.6 Å². The zero-order chi connectivity index (χ0) is 14.9. The summed E-state index contributed by atoms with van der Waals surface area (Å²) in [5.41, 5.74) is 0. The molecule has 0 N–H and O–H groups in total. The third-order valence-electron chi connectivity index (χ3n) is 3.39. The van der Waals surface area contributed by atoms with Crippen molar-refractivity contribution >= 4 is 26.7 Å². The van der Waals surface area contributed by atoms with Gasteiger partial charge >= 0.3 is 0 Å². The molecule has 0 fully saturated rings. The first-order valence-electron chi connectivity index (χ1n) is 7.70. The van der Waals surface area contributed by atoms with Crippen LogP contribution in [0.2, 0.25) is 0 Å². The van der Waals surface area contributed by atoms with E-state index in [1.807, 2.05) is 24.3 Å². The van der Waals surface area contributed by atoms with Gasteiger partial charge in [0.05, 0.1) is 13.2 Å². The topological polar surface area (TPSA) is 18.5 Å². The molecule has 0 aliphatic carbocycles. The molecule has 0 bridgehead atoms. The van der Waals surface area contributed by atoms with Gasteiger partial charge < -0.3 is 9.47 Å². The second-order valence-corrected chi connectivity index (χ2v) is 5.85. The van der Waals surface area contributed by atoms with Crippen molar-refractivity contribution in [2.75, 3.05) is 18.5 Å². The number of hydrogen-bond acceptors (Lipinski definition) is 2. The second-order valence-electron chi connectivity index (χ2n) is 5.05. The molecule has 0 unspecified atom stereocenters. The van der Waals surface area contributed by atoms with Crippen molar-refractivity contribution in [3.63, 3.8) is 0 Å². The fraction of sp³-hybridized carbons (Fsp3) is 0.444. The monoisotopic (exact) mass is 350 g/mol. The first-order valence-corrected chi connectivity index (χ1v) is 8.82. The quantitative estimate of drug-likeness (QED) is 0.434. The van der Waals surface area contributed by atoms with E-state index in [0.717, 1.165) is 53.7 Å². The van der Waals surface area contributed by atoms with Gasteiger partial charge in [-0.15, -0.1) is 0 Å². The minimum Gasteiger partial charge on any atom is -0.493 e. The molecule has 0 aliphatic heterocycles. The molecule has 21 heavy (non-hydrogen) atoms. The van der Waals surface area contributed by atoms with E-state index in [9.17, 15) is 0 Å². The minimum atomic E-state index is 0.728. The molecule has 0 aliphatic rings. The Morgan fingerprint density at radius 2 is 1.38 bits per heavy atom. The molecule has 0 atom stereocenters. The van der Waals surface area contributed by atoms with Crippen LogP contribution in [0.4, 0.5) is 0 Å². The van der Waals surface area contributed by atoms with Crippen LogP contribution in [0.25, 0.3) is 10.8 Å². The second kappa shape index (κ2) is 8.93. The average Bonchev–Trinajstić information content (AvgIpc) is 2.53. The fourth-order valence-electron chi connectivity index (χ4n) is 2.27. The van der Waals surface area contributed by atoms with Gasteiger partial charge in [-0.05, 0) is 25.0 Å². The van der Waals surface area contributed by atoms with E-state index < -0.39 is 0 Å². The standard InChI is InChI=1S/C18H23BrO2/c1-2-3-6-13-20-17-10-11-18(21-14-7-12-19)16-9-5-4-8-15(16)17/h4-5,8-11H,2-3,6-7,12-14H2,1H3. The first kappa shape index (κ1) is 16.2. The average molecular weight is 351 g/mol. The molecule has 2 nitrogen and oxygen atoms in total. The Balaban J connectivity index is 2.14. The molecule has 2 rings (SSSR count). The van der Waals surface area contributed by atoms with Crippen molar-refractivity contribution in [2.45, 2.75) is 32.6 Å². The number of alkyl halides is 1. The molecule has 0 radical (unpaired) electrons. The number of rotatable bonds is 9. The summed E-state index contributed by atoms with van der Waals surface area (Å²) in [4.78, 5) is 0. The molecular weight excluding hydrogens is 328 g/mol. The summed E-state index contributed by atoms with van der Waals surface area (Å²) >= 11 is 3.43. The molecule has 0 aromatic heterocycles. The van der Waals surface area contributed by atoms with E-state index in [0.29, 0.717) is 0 Å². The van der Waals surface area contributed by atoms with Gasteiger partial charge in [-0.3, -0.25) is 0 Å². The van der Waals surface area contributed by atoms with Gasteiger partial charge in [0.25, 0.3) is 0 Å². The van der Waals surface area contributed by atoms with Gasteiger partial charge in [-0.1, -0.05) is 60.0 Å². The van der Waals surface area contributed by atoms with Crippen molar-refractivity contribution in [1.82, 2.24) is 0 Å². The van der Waals surface area contributed by atoms with Crippen molar-refractivity contribution in [1.29, 1.82) is 0 Å². The smallest absolute Gasteiger partial charge is 0.127 e. The highest BCUT2D eigenvalue weighted by molar-refractivity contribution is 9.09. The lowest BCUT2D eigenvalue weighted by Crippen LogP contribution is -2.00. The van der Waals surface area contributed by atoms with Gasteiger partial charge in [-0.2, -0.15) is 0 Å². The normalized spacial score (nSPS) is 10.8. The lowest BCUT2D eigenvalue weighted by Gasteiger charge is -2.13. The van der Waals surface area contributed by atoms with Crippen molar-refractivity contribution in [3.8, 4) is 11.5 Å². The third-order valence-corrected chi connectivity index (χ3v) is 3.95. The predicted molar refractivity (Wildman–Crippen MR) is 92.9 cm³/mol. The van der Waals surface area contributed by atoms with Gasteiger partial charge in [0.1, 0.15) is 11.5 Å². The van der Waals surface area contributed by atoms with Gasteiger partial charge in [0, 0.05) is 16.1 Å². The van der Waals surface area contributed by atoms with Crippen LogP contribution < -0.4 is 9.47 Å². The van der Waals surface area contributed by atoms with Crippen molar-refractivity contribution in [2.24, 2.45) is 0 Å². The lowest BCUT2D eigenvalue weighted by molar-refractivity contribution is 0.307. The SMILES string of the molecule is CCCCCOc1ccc(OCCCBr)c2ccccc12. The van der Waals surface area contributed by atoms with Crippen LogP contribution >= 0.6 is 15.9 Å². The van der Waals surface area contributed by atoms with Crippen LogP contribution in [0.15, 0.2) is 36.4 Å². The minimum absolute atomic E-state index is 0.728. The molecule has 0 heterocycles. The molecule has 3 heteroatoms. The van der Waals surface area contributed by atoms with Gasteiger partial charge in [0.15, 0.2) is 0 Å². The lowest BCUT2D eigenvalue weighted by atomic mass is 10.1. The van der Waals surface area contributed by atoms with E-state index in [2.05, 4.69) is 35.0 Å². The van der Waals surface area contributed by atoms with Crippen LogP contribution in [0.5, 0.6) is 11.5 Å². The molecule has 2 aromatic carbocycles. The van der Waals surface area contributed by atoms with Gasteiger partial charge in [-0.25, -0.2) is 0 Å². The maximum atomic E-state index is 5.94. The Labute approximate surface area is 135 Å². The summed E-state index contributed by atoms with van der Waals surface area (Å²) in [6.07, 6.45) is 4.54. The Hall–Kier alpha value is -1.22. The summed E-state index contributed by atoms with van der Waals surface area (Å²) in [5, 5.41) is 3.22. The van der Waals surface area contributed by atoms with Crippen LogP contribution in [0.3, 0.4) is 0 Å². The highest BCUT2D eigenvalue weighted by Crippen LogP contribution is 2.33. The van der Waals surface area contributed by atoms with E-state index in [1.54, 1.807) is 0 Å². The number of fused-ring (bicyclic) bond motifs is 1. The Bertz CT molecular complexity index is 554. The van der Waals surface area contributed by atoms with Crippen LogP contribution in [-0.2, 0) is 0 Å². The summed E-state index contributed by atoms with van der Waals surface area (Å²) in [5.74, 6) is 1.89. The molecule has 0 spiro atoms. The fourth-order valence-corrected chi connectivity index (χ4v) is 2.50. The van der Waals surface area contributed by atoms with E-state index in [4.69, 9.17) is 9.47 Å². The van der Waals surface area contributed by atoms with E-state index in [-0.39, 0.29) is 0 Å². The summed E-state index contributed by atoms with van der Waals surface area (Å²) < 4.78 is 11.8. The number of unbranched alkanes of at least 4 members (excludes halogenated alkanes) is 2. The summed E-state index contributed by atoms with van der Waals surface area (Å²) in [6, 6.07) is 12.3. The Kier molecular flexibility index (Phi) is 6.87. The maximum absolute atomic E-state index is 5.94. The third kappa shape index (κ3) is 4.63. The Morgan fingerprint density at radius 3 is 1.90 bits per heavy atom. The van der Waals surface area contributed by atoms with Gasteiger partial charge in [0.2, 0.25) is 0 Å². The number of benzene rings is 2. The van der Waals surface area contributed by atoms with E-state index >= 15 is 0 Å². The van der Waals surface area contributed by atoms with E-state index in [1.165, 1.54) is 12.8 Å². The number of halogens is 1. The van der Waals surface area contributed by atoms with Crippen molar-refractivity contribution < 1.29 is 9.47 Å². The number of hydrogen-bond donors (Lipinski definition) is 0. The molecule has 0 saturated carbocycles. The Morgan fingerprint density at radius 1 is 0.810 bits per heavy atom. The van der Waals surface area contributed by atoms with Crippen LogP contribution in [0, 0.1) is 0 Å². The molecular formula is C18H23BrO2. The molecule has 0 amide bonds. The summed E-state index contributed by atoms with van der Waals surface area (Å²) in [7, 11) is 0. The highest BCUT2D eigenvalue weighted by Gasteiger charge is 2.07. The predicted octanol–water partition coefficient (Wildman–Crippen LogP) is 5.57. The number of ether oxygens (including phenoxy) is 2. The zero-order valence-electron chi connectivity index (χ0n) is 12.6. The maximum Gasteiger partial charge on any atom is 0.127 e. The molecule has 114 valence electrons. The molecule has 0 saturated heterocycles. The molecule has 2 aromatic rings. The highest BCUT2D eigenvalue weighted by atomic mass is 79.9. The zero-order valence-corrected chi connectivity index (χ0v) is 14.2. The largest absolute Gasteiger partial charge is 0.493 e. The summed E-state index contributed by atoms with van der Waals surface area (Å²) in [6.45, 7) is 3.71. The van der Waals surface area contributed by atoms with Crippen molar-refractivity contribution in [3.05, 3.63) is 36.4 Å².